The third kappa shape index (κ3) is 2.23. The van der Waals surface area contributed by atoms with Crippen LogP contribution >= 0.6 is 0 Å². The average Bonchev–Trinajstić information content (AvgIpc) is 2.96. The van der Waals surface area contributed by atoms with Crippen molar-refractivity contribution in [2.24, 2.45) is 11.8 Å². The zero-order chi connectivity index (χ0) is 11.7. The minimum Gasteiger partial charge on any atom is -0.349 e. The molecule has 86 valence electrons. The zero-order valence-corrected chi connectivity index (χ0v) is 9.53. The van der Waals surface area contributed by atoms with Gasteiger partial charge >= 0.3 is 0 Å². The maximum atomic E-state index is 13.4. The molecule has 0 spiro atoms. The van der Waals surface area contributed by atoms with Gasteiger partial charge in [0.05, 0.1) is 6.04 Å². The summed E-state index contributed by atoms with van der Waals surface area (Å²) in [4.78, 5) is 11.7. The summed E-state index contributed by atoms with van der Waals surface area (Å²) in [5.41, 5.74) is 0.546. The van der Waals surface area contributed by atoms with Crippen LogP contribution in [0.2, 0.25) is 0 Å². The van der Waals surface area contributed by atoms with Gasteiger partial charge in [0.15, 0.2) is 0 Å². The molecule has 1 aliphatic rings. The van der Waals surface area contributed by atoms with Gasteiger partial charge in [-0.1, -0.05) is 25.1 Å². The SMILES string of the molecule is CC(NC(=O)C1CC1C)c1ccccc1F. The fraction of sp³-hybridized carbons (Fsp3) is 0.462. The first kappa shape index (κ1) is 11.1. The summed E-state index contributed by atoms with van der Waals surface area (Å²) in [5.74, 6) is 0.393. The van der Waals surface area contributed by atoms with Gasteiger partial charge in [0.2, 0.25) is 5.91 Å². The van der Waals surface area contributed by atoms with E-state index in [2.05, 4.69) is 12.2 Å². The Morgan fingerprint density at radius 3 is 2.69 bits per heavy atom. The number of rotatable bonds is 3. The van der Waals surface area contributed by atoms with Crippen molar-refractivity contribution in [1.82, 2.24) is 5.32 Å². The minimum absolute atomic E-state index is 0.0447. The Bertz CT molecular complexity index is 405. The van der Waals surface area contributed by atoms with Crippen LogP contribution in [-0.4, -0.2) is 5.91 Å². The topological polar surface area (TPSA) is 29.1 Å². The molecular formula is C13H16FNO. The van der Waals surface area contributed by atoms with E-state index in [-0.39, 0.29) is 23.7 Å². The monoisotopic (exact) mass is 221 g/mol. The molecule has 1 aromatic rings. The van der Waals surface area contributed by atoms with E-state index >= 15 is 0 Å². The van der Waals surface area contributed by atoms with E-state index in [0.717, 1.165) is 6.42 Å². The number of nitrogens with one attached hydrogen (secondary N) is 1. The van der Waals surface area contributed by atoms with Crippen molar-refractivity contribution in [3.8, 4) is 0 Å². The average molecular weight is 221 g/mol. The predicted octanol–water partition coefficient (Wildman–Crippen LogP) is 2.66. The number of halogens is 1. The second-order valence-electron chi connectivity index (χ2n) is 4.57. The largest absolute Gasteiger partial charge is 0.349 e. The molecule has 0 heterocycles. The summed E-state index contributed by atoms with van der Waals surface area (Å²) in [7, 11) is 0. The minimum atomic E-state index is -0.265. The molecule has 1 aliphatic carbocycles. The highest BCUT2D eigenvalue weighted by atomic mass is 19.1. The van der Waals surface area contributed by atoms with Crippen LogP contribution in [0.4, 0.5) is 4.39 Å². The second kappa shape index (κ2) is 4.24. The fourth-order valence-corrected chi connectivity index (χ4v) is 1.91. The van der Waals surface area contributed by atoms with E-state index in [1.165, 1.54) is 6.07 Å². The van der Waals surface area contributed by atoms with Gasteiger partial charge in [-0.25, -0.2) is 4.39 Å². The maximum absolute atomic E-state index is 13.4. The lowest BCUT2D eigenvalue weighted by atomic mass is 10.1. The van der Waals surface area contributed by atoms with Crippen LogP contribution in [0.25, 0.3) is 0 Å². The molecule has 0 radical (unpaired) electrons. The Morgan fingerprint density at radius 2 is 2.12 bits per heavy atom. The van der Waals surface area contributed by atoms with Crippen LogP contribution < -0.4 is 5.32 Å². The molecule has 3 heteroatoms. The van der Waals surface area contributed by atoms with Crippen molar-refractivity contribution < 1.29 is 9.18 Å². The lowest BCUT2D eigenvalue weighted by molar-refractivity contribution is -0.123. The van der Waals surface area contributed by atoms with E-state index < -0.39 is 0 Å². The lowest BCUT2D eigenvalue weighted by Gasteiger charge is -2.14. The summed E-state index contributed by atoms with van der Waals surface area (Å²) in [5, 5.41) is 2.85. The van der Waals surface area contributed by atoms with Crippen molar-refractivity contribution in [3.63, 3.8) is 0 Å². The highest BCUT2D eigenvalue weighted by Crippen LogP contribution is 2.38. The molecule has 2 rings (SSSR count). The molecule has 1 fully saturated rings. The fourth-order valence-electron chi connectivity index (χ4n) is 1.91. The standard InChI is InChI=1S/C13H16FNO/c1-8-7-11(8)13(16)15-9(2)10-5-3-4-6-12(10)14/h3-6,8-9,11H,7H2,1-2H3,(H,15,16). The molecule has 3 atom stereocenters. The quantitative estimate of drug-likeness (QED) is 0.835. The molecular weight excluding hydrogens is 205 g/mol. The van der Waals surface area contributed by atoms with Crippen LogP contribution in [0.3, 0.4) is 0 Å². The highest BCUT2D eigenvalue weighted by molar-refractivity contribution is 5.81. The number of benzene rings is 1. The molecule has 3 unspecified atom stereocenters. The first-order chi connectivity index (χ1) is 7.59. The van der Waals surface area contributed by atoms with Gasteiger partial charge in [0.25, 0.3) is 0 Å². The van der Waals surface area contributed by atoms with Crippen LogP contribution in [0.15, 0.2) is 24.3 Å². The molecule has 0 bridgehead atoms. The molecule has 0 saturated heterocycles. The normalized spacial score (nSPS) is 24.9. The van der Waals surface area contributed by atoms with E-state index in [0.29, 0.717) is 11.5 Å². The van der Waals surface area contributed by atoms with E-state index in [1.54, 1.807) is 18.2 Å². The van der Waals surface area contributed by atoms with Gasteiger partial charge in [-0.3, -0.25) is 4.79 Å². The summed E-state index contributed by atoms with van der Waals surface area (Å²) in [6.07, 6.45) is 0.954. The predicted molar refractivity (Wildman–Crippen MR) is 60.2 cm³/mol. The van der Waals surface area contributed by atoms with Gasteiger partial charge < -0.3 is 5.32 Å². The molecule has 2 nitrogen and oxygen atoms in total. The second-order valence-corrected chi connectivity index (χ2v) is 4.57. The molecule has 1 N–H and O–H groups in total. The number of amides is 1. The first-order valence-electron chi connectivity index (χ1n) is 5.64. The number of carbonyl (C=O) groups excluding carboxylic acids is 1. The number of hydrogen-bond acceptors (Lipinski definition) is 1. The van der Waals surface area contributed by atoms with Crippen molar-refractivity contribution in [2.75, 3.05) is 0 Å². The smallest absolute Gasteiger partial charge is 0.223 e. The maximum Gasteiger partial charge on any atom is 0.223 e. The molecule has 1 saturated carbocycles. The Balaban J connectivity index is 2.00. The van der Waals surface area contributed by atoms with Gasteiger partial charge in [-0.2, -0.15) is 0 Å². The number of hydrogen-bond donors (Lipinski definition) is 1. The summed E-state index contributed by atoms with van der Waals surface area (Å²) in [6.45, 7) is 3.86. The van der Waals surface area contributed by atoms with Gasteiger partial charge in [-0.15, -0.1) is 0 Å². The van der Waals surface area contributed by atoms with E-state index in [1.807, 2.05) is 6.92 Å². The van der Waals surface area contributed by atoms with Crippen molar-refractivity contribution in [1.29, 1.82) is 0 Å². The van der Waals surface area contributed by atoms with Crippen molar-refractivity contribution in [2.45, 2.75) is 26.3 Å². The van der Waals surface area contributed by atoms with Crippen LogP contribution in [-0.2, 0) is 4.79 Å². The molecule has 16 heavy (non-hydrogen) atoms. The third-order valence-corrected chi connectivity index (χ3v) is 3.18. The van der Waals surface area contributed by atoms with E-state index in [9.17, 15) is 9.18 Å². The number of carbonyl (C=O) groups is 1. The van der Waals surface area contributed by atoms with Gasteiger partial charge in [0, 0.05) is 11.5 Å². The Kier molecular flexibility index (Phi) is 2.95. The van der Waals surface area contributed by atoms with E-state index in [4.69, 9.17) is 0 Å². The Labute approximate surface area is 94.9 Å². The van der Waals surface area contributed by atoms with Crippen LogP contribution in [0.1, 0.15) is 31.9 Å². The molecule has 1 amide bonds. The Morgan fingerprint density at radius 1 is 1.50 bits per heavy atom. The molecule has 0 aromatic heterocycles. The molecule has 0 aliphatic heterocycles. The van der Waals surface area contributed by atoms with Crippen molar-refractivity contribution >= 4 is 5.91 Å². The lowest BCUT2D eigenvalue weighted by Crippen LogP contribution is -2.28. The van der Waals surface area contributed by atoms with Crippen LogP contribution in [0.5, 0.6) is 0 Å². The van der Waals surface area contributed by atoms with Gasteiger partial charge in [0.1, 0.15) is 5.82 Å². The summed E-state index contributed by atoms with van der Waals surface area (Å²) >= 11 is 0. The van der Waals surface area contributed by atoms with Crippen molar-refractivity contribution in [3.05, 3.63) is 35.6 Å². The molecule has 1 aromatic carbocycles. The summed E-state index contributed by atoms with van der Waals surface area (Å²) in [6, 6.07) is 6.28. The van der Waals surface area contributed by atoms with Gasteiger partial charge in [-0.05, 0) is 25.3 Å². The zero-order valence-electron chi connectivity index (χ0n) is 9.53. The van der Waals surface area contributed by atoms with Crippen LogP contribution in [0, 0.1) is 17.7 Å². The Hall–Kier alpha value is -1.38. The first-order valence-corrected chi connectivity index (χ1v) is 5.64. The third-order valence-electron chi connectivity index (χ3n) is 3.18. The highest BCUT2D eigenvalue weighted by Gasteiger charge is 2.39. The summed E-state index contributed by atoms with van der Waals surface area (Å²) < 4.78 is 13.4.